The van der Waals surface area contributed by atoms with Crippen LogP contribution in [0.4, 0.5) is 0 Å². The second kappa shape index (κ2) is 11.8. The van der Waals surface area contributed by atoms with Gasteiger partial charge < -0.3 is 14.4 Å². The topological polar surface area (TPSA) is 72.9 Å². The lowest BCUT2D eigenvalue weighted by Gasteiger charge is -2.35. The molecule has 176 valence electrons. The number of halogens is 2. The largest absolute Gasteiger partial charge is 0.468 e. The Morgan fingerprint density at radius 3 is 2.21 bits per heavy atom. The van der Waals surface area contributed by atoms with Crippen molar-refractivity contribution in [2.45, 2.75) is 19.3 Å². The minimum absolute atomic E-state index is 0.131. The molecule has 0 aliphatic carbocycles. The maximum atomic E-state index is 13.6. The Kier molecular flexibility index (Phi) is 9.06. The molecule has 3 atom stereocenters. The number of Topliss-reactive ketones (excluding diaryl/α,β-unsaturated/α-hetero) is 1. The summed E-state index contributed by atoms with van der Waals surface area (Å²) in [5, 5.41) is 0.527. The average Bonchev–Trinajstić information content (AvgIpc) is 2.84. The van der Waals surface area contributed by atoms with Crippen LogP contribution in [0.3, 0.4) is 0 Å². The van der Waals surface area contributed by atoms with E-state index in [4.69, 9.17) is 21.1 Å². The van der Waals surface area contributed by atoms with Crippen LogP contribution in [0.1, 0.15) is 35.2 Å². The van der Waals surface area contributed by atoms with Crippen LogP contribution in [0.15, 0.2) is 53.0 Å². The fraction of sp³-hybridized carbons (Fsp3) is 0.400. The minimum atomic E-state index is -1.17. The van der Waals surface area contributed by atoms with E-state index in [0.29, 0.717) is 48.9 Å². The molecular weight excluding hydrogens is 510 g/mol. The minimum Gasteiger partial charge on any atom is -0.468 e. The zero-order chi connectivity index (χ0) is 24.0. The van der Waals surface area contributed by atoms with Crippen molar-refractivity contribution < 1.29 is 23.9 Å². The number of carbonyl (C=O) groups is 3. The molecule has 1 heterocycles. The Labute approximate surface area is 207 Å². The molecule has 3 rings (SSSR count). The summed E-state index contributed by atoms with van der Waals surface area (Å²) in [5.41, 5.74) is 1.21. The number of ketones is 1. The van der Waals surface area contributed by atoms with Gasteiger partial charge in [0.1, 0.15) is 5.92 Å². The van der Waals surface area contributed by atoms with Crippen LogP contribution < -0.4 is 0 Å². The van der Waals surface area contributed by atoms with Gasteiger partial charge in [-0.05, 0) is 36.2 Å². The first-order chi connectivity index (χ1) is 15.9. The third-order valence-electron chi connectivity index (χ3n) is 6.00. The van der Waals surface area contributed by atoms with E-state index < -0.39 is 23.7 Å². The molecule has 1 fully saturated rings. The fourth-order valence-electron chi connectivity index (χ4n) is 4.28. The first-order valence-electron chi connectivity index (χ1n) is 10.9. The van der Waals surface area contributed by atoms with Gasteiger partial charge in [-0.2, -0.15) is 0 Å². The number of methoxy groups -OCH3 is 1. The number of benzene rings is 2. The van der Waals surface area contributed by atoms with Gasteiger partial charge in [-0.1, -0.05) is 58.7 Å². The smallest absolute Gasteiger partial charge is 0.318 e. The van der Waals surface area contributed by atoms with Crippen molar-refractivity contribution in [3.05, 3.63) is 69.2 Å². The molecule has 8 heteroatoms. The molecule has 0 aromatic heterocycles. The predicted molar refractivity (Wildman–Crippen MR) is 129 cm³/mol. The lowest BCUT2D eigenvalue weighted by Crippen LogP contribution is -2.49. The van der Waals surface area contributed by atoms with Crippen LogP contribution in [0.5, 0.6) is 0 Å². The molecule has 1 aliphatic rings. The standard InChI is InChI=1S/C25H27BrClNO5/c1-3-20(23(29)17-4-8-18(26)9-5-17)21(16-6-10-19(27)11-7-16)22(25(31)32-2)24(30)28-12-14-33-15-13-28/h4-11,20-22H,3,12-15H2,1-2H3/t20-,21-,22-/m0/s1. The summed E-state index contributed by atoms with van der Waals surface area (Å²) < 4.78 is 11.3. The Hall–Kier alpha value is -2.22. The number of ether oxygens (including phenoxy) is 2. The van der Waals surface area contributed by atoms with Crippen molar-refractivity contribution in [3.8, 4) is 0 Å². The second-order valence-corrected chi connectivity index (χ2v) is 9.25. The predicted octanol–water partition coefficient (Wildman–Crippen LogP) is 4.74. The molecule has 0 spiro atoms. The van der Waals surface area contributed by atoms with Gasteiger partial charge in [-0.15, -0.1) is 0 Å². The second-order valence-electron chi connectivity index (χ2n) is 7.90. The van der Waals surface area contributed by atoms with Gasteiger partial charge >= 0.3 is 5.97 Å². The molecular formula is C25H27BrClNO5. The Balaban J connectivity index is 2.09. The highest BCUT2D eigenvalue weighted by Gasteiger charge is 2.45. The van der Waals surface area contributed by atoms with Crippen molar-refractivity contribution in [1.29, 1.82) is 0 Å². The molecule has 0 radical (unpaired) electrons. The summed E-state index contributed by atoms with van der Waals surface area (Å²) in [6.07, 6.45) is 0.437. The maximum absolute atomic E-state index is 13.6. The molecule has 33 heavy (non-hydrogen) atoms. The van der Waals surface area contributed by atoms with Gasteiger partial charge in [0, 0.05) is 40.0 Å². The number of rotatable bonds is 8. The number of hydrogen-bond acceptors (Lipinski definition) is 5. The van der Waals surface area contributed by atoms with E-state index in [0.717, 1.165) is 4.47 Å². The normalized spacial score (nSPS) is 16.5. The molecule has 1 amide bonds. The van der Waals surface area contributed by atoms with Crippen molar-refractivity contribution >= 4 is 45.2 Å². The van der Waals surface area contributed by atoms with Crippen LogP contribution in [0.2, 0.25) is 5.02 Å². The molecule has 0 N–H and O–H groups in total. The third kappa shape index (κ3) is 6.02. The van der Waals surface area contributed by atoms with Gasteiger partial charge in [0.15, 0.2) is 5.78 Å². The molecule has 2 aromatic carbocycles. The molecule has 6 nitrogen and oxygen atoms in total. The van der Waals surface area contributed by atoms with Crippen LogP contribution in [-0.2, 0) is 19.1 Å². The Morgan fingerprint density at radius 2 is 1.67 bits per heavy atom. The fourth-order valence-corrected chi connectivity index (χ4v) is 4.67. The van der Waals surface area contributed by atoms with E-state index >= 15 is 0 Å². The molecule has 0 unspecified atom stereocenters. The van der Waals surface area contributed by atoms with Gasteiger partial charge in [0.2, 0.25) is 5.91 Å². The lowest BCUT2D eigenvalue weighted by atomic mass is 9.72. The summed E-state index contributed by atoms with van der Waals surface area (Å²) >= 11 is 9.50. The van der Waals surface area contributed by atoms with E-state index in [-0.39, 0.29) is 11.7 Å². The monoisotopic (exact) mass is 535 g/mol. The highest BCUT2D eigenvalue weighted by Crippen LogP contribution is 2.39. The van der Waals surface area contributed by atoms with Gasteiger partial charge in [0.05, 0.1) is 20.3 Å². The molecule has 0 saturated carbocycles. The van der Waals surface area contributed by atoms with E-state index in [2.05, 4.69) is 15.9 Å². The quantitative estimate of drug-likeness (QED) is 0.277. The van der Waals surface area contributed by atoms with Crippen molar-refractivity contribution in [3.63, 3.8) is 0 Å². The first-order valence-corrected chi connectivity index (χ1v) is 12.0. The number of morpholine rings is 1. The average molecular weight is 537 g/mol. The number of carbonyl (C=O) groups excluding carboxylic acids is 3. The van der Waals surface area contributed by atoms with Crippen molar-refractivity contribution in [2.24, 2.45) is 11.8 Å². The number of esters is 1. The summed E-state index contributed by atoms with van der Waals surface area (Å²) in [4.78, 5) is 41.9. The Morgan fingerprint density at radius 1 is 1.06 bits per heavy atom. The molecule has 1 saturated heterocycles. The summed E-state index contributed by atoms with van der Waals surface area (Å²) in [7, 11) is 1.26. The third-order valence-corrected chi connectivity index (χ3v) is 6.78. The maximum Gasteiger partial charge on any atom is 0.318 e. The molecule has 2 aromatic rings. The van der Waals surface area contributed by atoms with Crippen molar-refractivity contribution in [1.82, 2.24) is 4.90 Å². The SMILES string of the molecule is CC[C@H](C(=O)c1ccc(Br)cc1)[C@H](c1ccc(Cl)cc1)[C@H](C(=O)OC)C(=O)N1CCOCC1. The van der Waals surface area contributed by atoms with E-state index in [1.54, 1.807) is 53.4 Å². The highest BCUT2D eigenvalue weighted by molar-refractivity contribution is 9.10. The molecule has 1 aliphatic heterocycles. The summed E-state index contributed by atoms with van der Waals surface area (Å²) in [6.45, 7) is 3.46. The zero-order valence-electron chi connectivity index (χ0n) is 18.6. The summed E-state index contributed by atoms with van der Waals surface area (Å²) in [6, 6.07) is 14.0. The van der Waals surface area contributed by atoms with Gasteiger partial charge in [-0.3, -0.25) is 14.4 Å². The van der Waals surface area contributed by atoms with Crippen LogP contribution in [-0.4, -0.2) is 56.0 Å². The van der Waals surface area contributed by atoms with Crippen LogP contribution >= 0.6 is 27.5 Å². The van der Waals surface area contributed by atoms with E-state index in [1.807, 2.05) is 6.92 Å². The number of hydrogen-bond donors (Lipinski definition) is 0. The van der Waals surface area contributed by atoms with Crippen LogP contribution in [0, 0.1) is 11.8 Å². The number of amides is 1. The van der Waals surface area contributed by atoms with E-state index in [9.17, 15) is 14.4 Å². The molecule has 0 bridgehead atoms. The number of nitrogens with zero attached hydrogens (tertiary/aromatic N) is 1. The first kappa shape index (κ1) is 25.4. The highest BCUT2D eigenvalue weighted by atomic mass is 79.9. The van der Waals surface area contributed by atoms with Crippen molar-refractivity contribution in [2.75, 3.05) is 33.4 Å². The van der Waals surface area contributed by atoms with Gasteiger partial charge in [-0.25, -0.2) is 0 Å². The summed E-state index contributed by atoms with van der Waals surface area (Å²) in [5.74, 6) is -3.65. The lowest BCUT2D eigenvalue weighted by molar-refractivity contribution is -0.157. The van der Waals surface area contributed by atoms with Crippen LogP contribution in [0.25, 0.3) is 0 Å². The zero-order valence-corrected chi connectivity index (χ0v) is 21.0. The van der Waals surface area contributed by atoms with Gasteiger partial charge in [0.25, 0.3) is 0 Å². The Bertz CT molecular complexity index is 973. The van der Waals surface area contributed by atoms with E-state index in [1.165, 1.54) is 7.11 Å².